The van der Waals surface area contributed by atoms with Gasteiger partial charge in [0.15, 0.2) is 11.5 Å². The van der Waals surface area contributed by atoms with Gasteiger partial charge in [-0.25, -0.2) is 27.5 Å². The van der Waals surface area contributed by atoms with Gasteiger partial charge in [0.2, 0.25) is 11.8 Å². The van der Waals surface area contributed by atoms with E-state index in [9.17, 15) is 30.7 Å². The van der Waals surface area contributed by atoms with E-state index in [0.717, 1.165) is 6.20 Å². The summed E-state index contributed by atoms with van der Waals surface area (Å²) in [5, 5.41) is 5.93. The van der Waals surface area contributed by atoms with Crippen molar-refractivity contribution < 1.29 is 30.7 Å². The molecular weight excluding hydrogens is 469 g/mol. The molecule has 1 aromatic rings. The van der Waals surface area contributed by atoms with E-state index in [4.69, 9.17) is 5.73 Å². The lowest BCUT2D eigenvalue weighted by atomic mass is 9.78. The standard InChI is InChI=1S/C21H25F7N6/c22-18(23)5-1-12(2-6-18)20(29)9-16(31-13-3-7-19(24,25)8-4-13)33-17(34-20)14-10-30-11-15(32-14)21(26,27)28/h9-13,31H,1-8,29H2,(H,33,34). The number of alkyl halides is 7. The third-order valence-electron chi connectivity index (χ3n) is 6.55. The summed E-state index contributed by atoms with van der Waals surface area (Å²) < 4.78 is 94.0. The summed E-state index contributed by atoms with van der Waals surface area (Å²) in [4.78, 5) is 11.6. The minimum absolute atomic E-state index is 0.0635. The number of nitrogens with one attached hydrogen (secondary N) is 2. The second kappa shape index (κ2) is 8.65. The van der Waals surface area contributed by atoms with E-state index in [1.807, 2.05) is 0 Å². The summed E-state index contributed by atoms with van der Waals surface area (Å²) in [6, 6.07) is -0.328. The van der Waals surface area contributed by atoms with E-state index in [1.165, 1.54) is 6.08 Å². The van der Waals surface area contributed by atoms with E-state index >= 15 is 0 Å². The maximum atomic E-state index is 13.7. The van der Waals surface area contributed by atoms with Crippen molar-refractivity contribution in [1.29, 1.82) is 0 Å². The van der Waals surface area contributed by atoms with Crippen molar-refractivity contribution >= 4 is 5.84 Å². The van der Waals surface area contributed by atoms with Crippen molar-refractivity contribution in [2.24, 2.45) is 16.6 Å². The molecule has 188 valence electrons. The average Bonchev–Trinajstić information content (AvgIpc) is 2.74. The van der Waals surface area contributed by atoms with Gasteiger partial charge in [-0.15, -0.1) is 0 Å². The fraction of sp³-hybridized carbons (Fsp3) is 0.667. The highest BCUT2D eigenvalue weighted by molar-refractivity contribution is 5.99. The van der Waals surface area contributed by atoms with Crippen LogP contribution in [0.15, 0.2) is 29.3 Å². The first-order chi connectivity index (χ1) is 15.7. The van der Waals surface area contributed by atoms with Crippen LogP contribution in [0, 0.1) is 5.92 Å². The van der Waals surface area contributed by atoms with E-state index < -0.39 is 35.3 Å². The number of nitrogens with zero attached hydrogens (tertiary/aromatic N) is 3. The van der Waals surface area contributed by atoms with Gasteiger partial charge in [-0.1, -0.05) is 0 Å². The van der Waals surface area contributed by atoms with Crippen LogP contribution in [-0.2, 0) is 6.18 Å². The van der Waals surface area contributed by atoms with Crippen molar-refractivity contribution in [3.05, 3.63) is 35.7 Å². The molecule has 2 fully saturated rings. The Labute approximate surface area is 191 Å². The number of halogens is 7. The minimum atomic E-state index is -4.74. The van der Waals surface area contributed by atoms with Crippen molar-refractivity contribution in [2.45, 2.75) is 81.1 Å². The van der Waals surface area contributed by atoms with E-state index in [1.54, 1.807) is 0 Å². The molecular formula is C21H25F7N6. The summed E-state index contributed by atoms with van der Waals surface area (Å²) in [6.07, 6.45) is -2.47. The summed E-state index contributed by atoms with van der Waals surface area (Å²) in [5.41, 5.74) is 3.57. The number of amidine groups is 1. The molecule has 2 saturated carbocycles. The Morgan fingerprint density at radius 2 is 1.53 bits per heavy atom. The third kappa shape index (κ3) is 5.61. The lowest BCUT2D eigenvalue weighted by molar-refractivity contribution is -0.141. The van der Waals surface area contributed by atoms with Gasteiger partial charge in [0.25, 0.3) is 0 Å². The number of aliphatic imine (C=N–C) groups is 1. The molecule has 0 spiro atoms. The molecule has 34 heavy (non-hydrogen) atoms. The normalized spacial score (nSPS) is 28.0. The quantitative estimate of drug-likeness (QED) is 0.543. The Hall–Kier alpha value is -2.44. The molecule has 0 radical (unpaired) electrons. The fourth-order valence-corrected chi connectivity index (χ4v) is 4.58. The van der Waals surface area contributed by atoms with Crippen molar-refractivity contribution in [3.63, 3.8) is 0 Å². The molecule has 1 aliphatic heterocycles. The van der Waals surface area contributed by atoms with Crippen LogP contribution in [0.3, 0.4) is 0 Å². The van der Waals surface area contributed by atoms with Gasteiger partial charge in [0, 0.05) is 37.6 Å². The van der Waals surface area contributed by atoms with Gasteiger partial charge < -0.3 is 16.4 Å². The number of hydrogen-bond acceptors (Lipinski definition) is 6. The van der Waals surface area contributed by atoms with Crippen molar-refractivity contribution in [1.82, 2.24) is 20.6 Å². The van der Waals surface area contributed by atoms with Gasteiger partial charge >= 0.3 is 6.18 Å². The molecule has 1 atom stereocenters. The average molecular weight is 494 g/mol. The predicted molar refractivity (Wildman–Crippen MR) is 109 cm³/mol. The Kier molecular flexibility index (Phi) is 6.28. The zero-order valence-corrected chi connectivity index (χ0v) is 18.1. The summed E-state index contributed by atoms with van der Waals surface area (Å²) in [7, 11) is 0. The molecule has 4 rings (SSSR count). The molecule has 0 bridgehead atoms. The molecule has 4 N–H and O–H groups in total. The first-order valence-corrected chi connectivity index (χ1v) is 11.1. The molecule has 3 aliphatic rings. The predicted octanol–water partition coefficient (Wildman–Crippen LogP) is 4.33. The molecule has 6 nitrogen and oxygen atoms in total. The molecule has 13 heteroatoms. The van der Waals surface area contributed by atoms with Crippen LogP contribution in [0.2, 0.25) is 0 Å². The molecule has 0 saturated heterocycles. The van der Waals surface area contributed by atoms with Gasteiger partial charge in [0.05, 0.1) is 12.4 Å². The Morgan fingerprint density at radius 3 is 2.12 bits per heavy atom. The zero-order chi connectivity index (χ0) is 24.8. The van der Waals surface area contributed by atoms with Crippen molar-refractivity contribution in [3.8, 4) is 0 Å². The first-order valence-electron chi connectivity index (χ1n) is 11.1. The smallest absolute Gasteiger partial charge is 0.369 e. The number of nitrogens with two attached hydrogens (primary N) is 1. The van der Waals surface area contributed by atoms with Crippen molar-refractivity contribution in [2.75, 3.05) is 0 Å². The maximum Gasteiger partial charge on any atom is 0.434 e. The largest absolute Gasteiger partial charge is 0.434 e. The molecule has 0 amide bonds. The van der Waals surface area contributed by atoms with Crippen LogP contribution >= 0.6 is 0 Å². The lowest BCUT2D eigenvalue weighted by Gasteiger charge is -2.40. The van der Waals surface area contributed by atoms with Gasteiger partial charge in [0.1, 0.15) is 17.2 Å². The monoisotopic (exact) mass is 494 g/mol. The number of hydrogen-bond donors (Lipinski definition) is 3. The van der Waals surface area contributed by atoms with Crippen LogP contribution < -0.4 is 16.4 Å². The van der Waals surface area contributed by atoms with Gasteiger partial charge in [-0.3, -0.25) is 4.98 Å². The molecule has 2 heterocycles. The molecule has 0 aromatic carbocycles. The summed E-state index contributed by atoms with van der Waals surface area (Å²) >= 11 is 0. The second-order valence-corrected chi connectivity index (χ2v) is 9.22. The second-order valence-electron chi connectivity index (χ2n) is 9.22. The minimum Gasteiger partial charge on any atom is -0.369 e. The maximum absolute atomic E-state index is 13.7. The van der Waals surface area contributed by atoms with E-state index in [0.29, 0.717) is 6.20 Å². The molecule has 1 unspecified atom stereocenters. The van der Waals surface area contributed by atoms with E-state index in [2.05, 4.69) is 25.6 Å². The van der Waals surface area contributed by atoms with Crippen LogP contribution in [0.1, 0.15) is 62.8 Å². The number of aromatic nitrogens is 2. The number of rotatable bonds is 4. The fourth-order valence-electron chi connectivity index (χ4n) is 4.58. The molecule has 2 aliphatic carbocycles. The topological polar surface area (TPSA) is 88.2 Å². The van der Waals surface area contributed by atoms with E-state index in [-0.39, 0.29) is 74.8 Å². The highest BCUT2D eigenvalue weighted by Crippen LogP contribution is 2.42. The Morgan fingerprint density at radius 1 is 0.941 bits per heavy atom. The third-order valence-corrected chi connectivity index (χ3v) is 6.55. The lowest BCUT2D eigenvalue weighted by Crippen LogP contribution is -2.54. The summed E-state index contributed by atoms with van der Waals surface area (Å²) in [6.45, 7) is 0. The zero-order valence-electron chi connectivity index (χ0n) is 18.1. The Balaban J connectivity index is 1.63. The SMILES string of the molecule is NC1(C2CCC(F)(F)CC2)C=C(NC2CCC(F)(F)CC2)NC(c2cncc(C(F)(F)F)n2)=N1. The van der Waals surface area contributed by atoms with Crippen LogP contribution in [0.4, 0.5) is 30.7 Å². The highest BCUT2D eigenvalue weighted by Gasteiger charge is 2.44. The van der Waals surface area contributed by atoms with Gasteiger partial charge in [-0.05, 0) is 31.8 Å². The van der Waals surface area contributed by atoms with Crippen LogP contribution in [0.25, 0.3) is 0 Å². The van der Waals surface area contributed by atoms with Crippen LogP contribution in [0.5, 0.6) is 0 Å². The summed E-state index contributed by atoms with van der Waals surface area (Å²) in [5.74, 6) is -5.89. The van der Waals surface area contributed by atoms with Crippen LogP contribution in [-0.4, -0.2) is 39.4 Å². The van der Waals surface area contributed by atoms with Gasteiger partial charge in [-0.2, -0.15) is 13.2 Å². The first kappa shape index (κ1) is 24.7. The highest BCUT2D eigenvalue weighted by atomic mass is 19.4. The molecule has 1 aromatic heterocycles. The Bertz CT molecular complexity index is 957.